The zero-order valence-electron chi connectivity index (χ0n) is 15.9. The first kappa shape index (κ1) is 21.2. The lowest BCUT2D eigenvalue weighted by Gasteiger charge is -2.23. The molecule has 10 heteroatoms. The number of carbonyl (C=O) groups is 2. The number of urea groups is 1. The van der Waals surface area contributed by atoms with E-state index in [1.807, 2.05) is 0 Å². The summed E-state index contributed by atoms with van der Waals surface area (Å²) in [5, 5.41) is 2.61. The minimum absolute atomic E-state index is 0.0158. The highest BCUT2D eigenvalue weighted by Crippen LogP contribution is 2.34. The Labute approximate surface area is 173 Å². The standard InChI is InChI=1S/C19H19ClFN3O4S/c1-19(15-8-7-13(21)10-16(15)20)17(25)24(18(26)22-19)11-12-5-4-6-14(9-12)29(27,28)23(2)3/h4-10H,11H2,1-3H3,(H,22,26). The highest BCUT2D eigenvalue weighted by Gasteiger charge is 2.49. The normalized spacial score (nSPS) is 19.7. The topological polar surface area (TPSA) is 86.8 Å². The van der Waals surface area contributed by atoms with E-state index in [9.17, 15) is 22.4 Å². The Morgan fingerprint density at radius 2 is 1.86 bits per heavy atom. The second kappa shape index (κ2) is 7.40. The van der Waals surface area contributed by atoms with Crippen LogP contribution in [0.4, 0.5) is 9.18 Å². The van der Waals surface area contributed by atoms with Gasteiger partial charge in [0.25, 0.3) is 5.91 Å². The smallest absolute Gasteiger partial charge is 0.319 e. The van der Waals surface area contributed by atoms with Crippen molar-refractivity contribution in [3.63, 3.8) is 0 Å². The number of imide groups is 1. The van der Waals surface area contributed by atoms with Crippen LogP contribution in [-0.2, 0) is 26.9 Å². The van der Waals surface area contributed by atoms with Gasteiger partial charge in [-0.25, -0.2) is 21.9 Å². The molecule has 1 saturated heterocycles. The second-order valence-electron chi connectivity index (χ2n) is 7.01. The molecule has 1 heterocycles. The minimum atomic E-state index is -3.66. The van der Waals surface area contributed by atoms with Gasteiger partial charge in [-0.15, -0.1) is 0 Å². The number of nitrogens with zero attached hydrogens (tertiary/aromatic N) is 2. The maximum absolute atomic E-state index is 13.4. The van der Waals surface area contributed by atoms with E-state index in [0.717, 1.165) is 21.3 Å². The summed E-state index contributed by atoms with van der Waals surface area (Å²) in [6, 6.07) is 8.94. The Morgan fingerprint density at radius 3 is 2.48 bits per heavy atom. The van der Waals surface area contributed by atoms with Crippen molar-refractivity contribution in [2.45, 2.75) is 23.9 Å². The number of amides is 3. The summed E-state index contributed by atoms with van der Waals surface area (Å²) in [6.07, 6.45) is 0. The van der Waals surface area contributed by atoms with E-state index >= 15 is 0 Å². The molecule has 2 aromatic carbocycles. The van der Waals surface area contributed by atoms with Crippen LogP contribution < -0.4 is 5.32 Å². The average molecular weight is 440 g/mol. The lowest BCUT2D eigenvalue weighted by Crippen LogP contribution is -2.41. The Hall–Kier alpha value is -2.49. The van der Waals surface area contributed by atoms with E-state index in [1.165, 1.54) is 39.2 Å². The number of rotatable bonds is 5. The number of halogens is 2. The lowest BCUT2D eigenvalue weighted by atomic mass is 9.92. The van der Waals surface area contributed by atoms with E-state index in [4.69, 9.17) is 11.6 Å². The number of carbonyl (C=O) groups excluding carboxylic acids is 2. The van der Waals surface area contributed by atoms with Crippen LogP contribution in [0.1, 0.15) is 18.1 Å². The van der Waals surface area contributed by atoms with Gasteiger partial charge in [-0.2, -0.15) is 0 Å². The average Bonchev–Trinajstić information content (AvgIpc) is 2.85. The van der Waals surface area contributed by atoms with Gasteiger partial charge < -0.3 is 5.32 Å². The van der Waals surface area contributed by atoms with Gasteiger partial charge in [-0.3, -0.25) is 9.69 Å². The third-order valence-electron chi connectivity index (χ3n) is 4.76. The predicted molar refractivity (Wildman–Crippen MR) is 105 cm³/mol. The first-order valence-electron chi connectivity index (χ1n) is 8.58. The fraction of sp³-hybridized carbons (Fsp3) is 0.263. The van der Waals surface area contributed by atoms with Crippen molar-refractivity contribution < 1.29 is 22.4 Å². The summed E-state index contributed by atoms with van der Waals surface area (Å²) in [5.41, 5.74) is -0.730. The highest BCUT2D eigenvalue weighted by atomic mass is 35.5. The van der Waals surface area contributed by atoms with Crippen molar-refractivity contribution in [1.82, 2.24) is 14.5 Å². The molecule has 2 aromatic rings. The van der Waals surface area contributed by atoms with Gasteiger partial charge >= 0.3 is 6.03 Å². The monoisotopic (exact) mass is 439 g/mol. The third-order valence-corrected chi connectivity index (χ3v) is 6.89. The summed E-state index contributed by atoms with van der Waals surface area (Å²) in [7, 11) is -0.831. The number of hydrogen-bond donors (Lipinski definition) is 1. The lowest BCUT2D eigenvalue weighted by molar-refractivity contribution is -0.131. The SMILES string of the molecule is CN(C)S(=O)(=O)c1cccc(CN2C(=O)NC(C)(c3ccc(F)cc3Cl)C2=O)c1. The molecule has 7 nitrogen and oxygen atoms in total. The Bertz CT molecular complexity index is 1110. The summed E-state index contributed by atoms with van der Waals surface area (Å²) in [4.78, 5) is 26.6. The molecule has 1 fully saturated rings. The molecule has 1 aliphatic rings. The molecule has 0 spiro atoms. The molecule has 154 valence electrons. The van der Waals surface area contributed by atoms with Crippen molar-refractivity contribution in [3.8, 4) is 0 Å². The Kier molecular flexibility index (Phi) is 5.42. The minimum Gasteiger partial charge on any atom is -0.319 e. The molecule has 1 aliphatic heterocycles. The molecule has 0 bridgehead atoms. The van der Waals surface area contributed by atoms with Gasteiger partial charge in [0.2, 0.25) is 10.0 Å². The van der Waals surface area contributed by atoms with E-state index in [1.54, 1.807) is 12.1 Å². The molecule has 1 N–H and O–H groups in total. The van der Waals surface area contributed by atoms with Crippen LogP contribution in [0.5, 0.6) is 0 Å². The van der Waals surface area contributed by atoms with Crippen LogP contribution in [0.15, 0.2) is 47.4 Å². The zero-order valence-corrected chi connectivity index (χ0v) is 17.5. The molecule has 0 aromatic heterocycles. The molecule has 0 saturated carbocycles. The molecule has 0 aliphatic carbocycles. The second-order valence-corrected chi connectivity index (χ2v) is 9.56. The van der Waals surface area contributed by atoms with E-state index in [0.29, 0.717) is 5.56 Å². The van der Waals surface area contributed by atoms with Gasteiger partial charge in [0, 0.05) is 24.7 Å². The van der Waals surface area contributed by atoms with E-state index in [2.05, 4.69) is 5.32 Å². The fourth-order valence-corrected chi connectivity index (χ4v) is 4.44. The van der Waals surface area contributed by atoms with Crippen LogP contribution >= 0.6 is 11.6 Å². The zero-order chi connectivity index (χ0) is 21.6. The molecule has 1 atom stereocenters. The number of nitrogens with one attached hydrogen (secondary N) is 1. The summed E-state index contributed by atoms with van der Waals surface area (Å²) in [5.74, 6) is -1.13. The maximum atomic E-state index is 13.4. The van der Waals surface area contributed by atoms with Crippen LogP contribution in [0.3, 0.4) is 0 Å². The molecular formula is C19H19ClFN3O4S. The summed E-state index contributed by atoms with van der Waals surface area (Å²) >= 11 is 6.09. The largest absolute Gasteiger partial charge is 0.325 e. The Morgan fingerprint density at radius 1 is 1.17 bits per heavy atom. The summed E-state index contributed by atoms with van der Waals surface area (Å²) < 4.78 is 39.1. The quantitative estimate of drug-likeness (QED) is 0.726. The fourth-order valence-electron chi connectivity index (χ4n) is 3.12. The van der Waals surface area contributed by atoms with Crippen LogP contribution in [0.25, 0.3) is 0 Å². The van der Waals surface area contributed by atoms with Crippen molar-refractivity contribution in [2.75, 3.05) is 14.1 Å². The van der Waals surface area contributed by atoms with Crippen LogP contribution in [0.2, 0.25) is 5.02 Å². The Balaban J connectivity index is 1.92. The summed E-state index contributed by atoms with van der Waals surface area (Å²) in [6.45, 7) is 1.36. The third kappa shape index (κ3) is 3.73. The molecule has 3 amide bonds. The van der Waals surface area contributed by atoms with Crippen molar-refractivity contribution in [2.24, 2.45) is 0 Å². The number of sulfonamides is 1. The molecule has 0 radical (unpaired) electrons. The van der Waals surface area contributed by atoms with Crippen LogP contribution in [0, 0.1) is 5.82 Å². The van der Waals surface area contributed by atoms with Gasteiger partial charge in [0.05, 0.1) is 11.4 Å². The molecule has 1 unspecified atom stereocenters. The first-order valence-corrected chi connectivity index (χ1v) is 10.4. The van der Waals surface area contributed by atoms with Gasteiger partial charge in [0.15, 0.2) is 0 Å². The maximum Gasteiger partial charge on any atom is 0.325 e. The van der Waals surface area contributed by atoms with E-state index in [-0.39, 0.29) is 22.0 Å². The van der Waals surface area contributed by atoms with Crippen molar-refractivity contribution in [1.29, 1.82) is 0 Å². The number of hydrogen-bond acceptors (Lipinski definition) is 4. The predicted octanol–water partition coefficient (Wildman–Crippen LogP) is 2.70. The first-order chi connectivity index (χ1) is 13.5. The van der Waals surface area contributed by atoms with Gasteiger partial charge in [0.1, 0.15) is 11.4 Å². The molecular weight excluding hydrogens is 421 g/mol. The number of benzene rings is 2. The molecule has 29 heavy (non-hydrogen) atoms. The van der Waals surface area contributed by atoms with Crippen molar-refractivity contribution in [3.05, 3.63) is 64.4 Å². The van der Waals surface area contributed by atoms with Crippen LogP contribution in [-0.4, -0.2) is 43.7 Å². The van der Waals surface area contributed by atoms with Gasteiger partial charge in [-0.1, -0.05) is 29.8 Å². The van der Waals surface area contributed by atoms with Crippen molar-refractivity contribution >= 4 is 33.6 Å². The van der Waals surface area contributed by atoms with Gasteiger partial charge in [-0.05, 0) is 36.8 Å². The van der Waals surface area contributed by atoms with E-state index < -0.39 is 33.3 Å². The molecule has 3 rings (SSSR count). The highest BCUT2D eigenvalue weighted by molar-refractivity contribution is 7.89.